The molecule has 0 radical (unpaired) electrons. The van der Waals surface area contributed by atoms with Gasteiger partial charge in [-0.05, 0) is 0 Å². The van der Waals surface area contributed by atoms with Gasteiger partial charge in [-0.15, -0.1) is 0 Å². The fourth-order valence-electron chi connectivity index (χ4n) is 0.494. The Kier molecular flexibility index (Phi) is 9.62. The first-order chi connectivity index (χ1) is 5.41. The van der Waals surface area contributed by atoms with Crippen LogP contribution in [0, 0.1) is 0 Å². The second-order valence-corrected chi connectivity index (χ2v) is 1.82. The number of rotatable bonds is 8. The van der Waals surface area contributed by atoms with Crippen LogP contribution in [-0.4, -0.2) is 44.7 Å². The molecule has 3 N–H and O–H groups in total. The van der Waals surface area contributed by atoms with Gasteiger partial charge in [0.25, 0.3) is 0 Å². The highest BCUT2D eigenvalue weighted by Gasteiger charge is 1.88. The minimum absolute atomic E-state index is 0.0475. The number of aliphatic hydroxyl groups excluding tert-OH is 1. The molecule has 0 spiro atoms. The molecule has 11 heavy (non-hydrogen) atoms. The lowest BCUT2D eigenvalue weighted by atomic mass is 10.7. The molecule has 0 saturated heterocycles. The Bertz CT molecular complexity index is 63.6. The molecule has 0 unspecified atom stereocenters. The molecule has 0 fully saturated rings. The maximum absolute atomic E-state index is 8.30. The van der Waals surface area contributed by atoms with Crippen molar-refractivity contribution in [3.63, 3.8) is 0 Å². The lowest BCUT2D eigenvalue weighted by molar-refractivity contribution is 0.00745. The van der Waals surface area contributed by atoms with Crippen LogP contribution >= 0.6 is 0 Å². The van der Waals surface area contributed by atoms with Crippen LogP contribution < -0.4 is 5.90 Å². The quantitative estimate of drug-likeness (QED) is 0.353. The second kappa shape index (κ2) is 9.80. The summed E-state index contributed by atoms with van der Waals surface area (Å²) in [4.78, 5) is 4.26. The van der Waals surface area contributed by atoms with Gasteiger partial charge < -0.3 is 19.4 Å². The van der Waals surface area contributed by atoms with Crippen LogP contribution in [0.4, 0.5) is 0 Å². The Hall–Kier alpha value is -0.200. The number of ether oxygens (including phenoxy) is 2. The van der Waals surface area contributed by atoms with Gasteiger partial charge in [0.1, 0.15) is 0 Å². The summed E-state index contributed by atoms with van der Waals surface area (Å²) in [5.74, 6) is 4.75. The van der Waals surface area contributed by atoms with Crippen molar-refractivity contribution in [3.8, 4) is 0 Å². The molecule has 0 atom stereocenters. The summed E-state index contributed by atoms with van der Waals surface area (Å²) in [6, 6.07) is 0. The molecule has 5 nitrogen and oxygen atoms in total. The van der Waals surface area contributed by atoms with Crippen molar-refractivity contribution in [2.75, 3.05) is 39.6 Å². The molecule has 68 valence electrons. The van der Waals surface area contributed by atoms with Crippen molar-refractivity contribution >= 4 is 0 Å². The van der Waals surface area contributed by atoms with E-state index in [0.717, 1.165) is 0 Å². The topological polar surface area (TPSA) is 73.9 Å². The van der Waals surface area contributed by atoms with E-state index in [1.54, 1.807) is 0 Å². The Morgan fingerprint density at radius 2 is 1.45 bits per heavy atom. The van der Waals surface area contributed by atoms with Gasteiger partial charge in [-0.2, -0.15) is 0 Å². The molecule has 0 rings (SSSR count). The summed E-state index contributed by atoms with van der Waals surface area (Å²) >= 11 is 0. The van der Waals surface area contributed by atoms with Crippen molar-refractivity contribution in [2.24, 2.45) is 5.90 Å². The monoisotopic (exact) mass is 165 g/mol. The van der Waals surface area contributed by atoms with Crippen LogP contribution in [0.1, 0.15) is 0 Å². The van der Waals surface area contributed by atoms with Crippen LogP contribution in [-0.2, 0) is 14.3 Å². The fraction of sp³-hybridized carbons (Fsp3) is 1.00. The van der Waals surface area contributed by atoms with Gasteiger partial charge in [-0.25, -0.2) is 5.90 Å². The number of hydrogen-bond acceptors (Lipinski definition) is 5. The average molecular weight is 165 g/mol. The largest absolute Gasteiger partial charge is 0.394 e. The summed E-state index contributed by atoms with van der Waals surface area (Å²) in [5, 5.41) is 8.30. The molecule has 0 aliphatic carbocycles. The van der Waals surface area contributed by atoms with E-state index in [9.17, 15) is 0 Å². The van der Waals surface area contributed by atoms with Gasteiger partial charge in [0.2, 0.25) is 0 Å². The predicted octanol–water partition coefficient (Wildman–Crippen LogP) is -1.10. The van der Waals surface area contributed by atoms with E-state index >= 15 is 0 Å². The smallest absolute Gasteiger partial charge is 0.0913 e. The maximum atomic E-state index is 8.30. The van der Waals surface area contributed by atoms with Gasteiger partial charge in [-0.3, -0.25) is 0 Å². The third kappa shape index (κ3) is 9.80. The summed E-state index contributed by atoms with van der Waals surface area (Å²) in [6.45, 7) is 2.26. The summed E-state index contributed by atoms with van der Waals surface area (Å²) in [5.41, 5.74) is 0. The highest BCUT2D eigenvalue weighted by molar-refractivity contribution is 4.31. The van der Waals surface area contributed by atoms with Gasteiger partial charge in [0, 0.05) is 0 Å². The molecule has 5 heteroatoms. The van der Waals surface area contributed by atoms with E-state index in [1.165, 1.54) is 0 Å². The Labute approximate surface area is 66.0 Å². The van der Waals surface area contributed by atoms with Gasteiger partial charge in [0.15, 0.2) is 0 Å². The molecule has 0 saturated carbocycles. The van der Waals surface area contributed by atoms with Gasteiger partial charge >= 0.3 is 0 Å². The molecule has 0 aromatic heterocycles. The van der Waals surface area contributed by atoms with Crippen LogP contribution in [0.5, 0.6) is 0 Å². The van der Waals surface area contributed by atoms with Crippen molar-refractivity contribution in [2.45, 2.75) is 0 Å². The zero-order valence-corrected chi connectivity index (χ0v) is 6.49. The number of aliphatic hydroxyl groups is 1. The van der Waals surface area contributed by atoms with E-state index < -0.39 is 0 Å². The van der Waals surface area contributed by atoms with Crippen LogP contribution in [0.15, 0.2) is 0 Å². The van der Waals surface area contributed by atoms with Gasteiger partial charge in [-0.1, -0.05) is 0 Å². The molecule has 0 bridgehead atoms. The number of hydrogen-bond donors (Lipinski definition) is 2. The Balaban J connectivity index is 2.69. The molecule has 0 aromatic rings. The average Bonchev–Trinajstić information content (AvgIpc) is 2.03. The highest BCUT2D eigenvalue weighted by Crippen LogP contribution is 1.77. The minimum Gasteiger partial charge on any atom is -0.394 e. The first kappa shape index (κ1) is 10.8. The van der Waals surface area contributed by atoms with E-state index in [-0.39, 0.29) is 6.61 Å². The van der Waals surface area contributed by atoms with Crippen LogP contribution in [0.2, 0.25) is 0 Å². The summed E-state index contributed by atoms with van der Waals surface area (Å²) in [7, 11) is 0. The Morgan fingerprint density at radius 1 is 0.909 bits per heavy atom. The molecule has 0 amide bonds. The third-order valence-electron chi connectivity index (χ3n) is 0.953. The normalized spacial score (nSPS) is 10.4. The minimum atomic E-state index is 0.0475. The maximum Gasteiger partial charge on any atom is 0.0913 e. The molecule has 0 aliphatic heterocycles. The fourth-order valence-corrected chi connectivity index (χ4v) is 0.494. The van der Waals surface area contributed by atoms with Gasteiger partial charge in [0.05, 0.1) is 39.6 Å². The highest BCUT2D eigenvalue weighted by atomic mass is 16.6. The predicted molar refractivity (Wildman–Crippen MR) is 38.9 cm³/mol. The van der Waals surface area contributed by atoms with E-state index in [2.05, 4.69) is 4.84 Å². The number of nitrogens with two attached hydrogens (primary N) is 1. The standard InChI is InChI=1S/C6H15NO4/c7-11-6-5-10-4-3-9-2-1-8/h8H,1-7H2. The third-order valence-corrected chi connectivity index (χ3v) is 0.953. The molecule has 0 aliphatic rings. The molecule has 0 heterocycles. The van der Waals surface area contributed by atoms with Crippen LogP contribution in [0.3, 0.4) is 0 Å². The summed E-state index contributed by atoms with van der Waals surface area (Å²) in [6.07, 6.45) is 0. The summed E-state index contributed by atoms with van der Waals surface area (Å²) < 4.78 is 9.92. The molecule has 0 aromatic carbocycles. The van der Waals surface area contributed by atoms with Crippen molar-refractivity contribution < 1.29 is 19.4 Å². The SMILES string of the molecule is NOCCOCCOCCO. The van der Waals surface area contributed by atoms with Crippen LogP contribution in [0.25, 0.3) is 0 Å². The van der Waals surface area contributed by atoms with E-state index in [0.29, 0.717) is 33.0 Å². The zero-order chi connectivity index (χ0) is 8.36. The van der Waals surface area contributed by atoms with E-state index in [1.807, 2.05) is 0 Å². The van der Waals surface area contributed by atoms with Crippen molar-refractivity contribution in [1.29, 1.82) is 0 Å². The van der Waals surface area contributed by atoms with E-state index in [4.69, 9.17) is 20.5 Å². The first-order valence-corrected chi connectivity index (χ1v) is 3.50. The molecular formula is C6H15NO4. The first-order valence-electron chi connectivity index (χ1n) is 3.50. The lowest BCUT2D eigenvalue weighted by Gasteiger charge is -2.02. The van der Waals surface area contributed by atoms with Crippen molar-refractivity contribution in [3.05, 3.63) is 0 Å². The molecular weight excluding hydrogens is 150 g/mol. The van der Waals surface area contributed by atoms with Crippen molar-refractivity contribution in [1.82, 2.24) is 0 Å². The second-order valence-electron chi connectivity index (χ2n) is 1.82. The lowest BCUT2D eigenvalue weighted by Crippen LogP contribution is -2.12. The Morgan fingerprint density at radius 3 is 2.00 bits per heavy atom. The zero-order valence-electron chi connectivity index (χ0n) is 6.49.